The maximum absolute atomic E-state index is 13.0. The second-order valence-corrected chi connectivity index (χ2v) is 4.77. The molecule has 0 bridgehead atoms. The van der Waals surface area contributed by atoms with Crippen molar-refractivity contribution in [1.82, 2.24) is 5.32 Å². The van der Waals surface area contributed by atoms with Crippen LogP contribution in [0.25, 0.3) is 0 Å². The van der Waals surface area contributed by atoms with E-state index in [4.69, 9.17) is 5.11 Å². The van der Waals surface area contributed by atoms with Gasteiger partial charge in [-0.15, -0.1) is 0 Å². The number of carboxylic acids is 1. The molecule has 0 spiro atoms. The SMILES string of the molecule is Cc1cccc(C(F)(F)F)c1C1CC(C(=O)O)CN1. The van der Waals surface area contributed by atoms with E-state index in [1.807, 2.05) is 0 Å². The molecule has 6 heteroatoms. The molecule has 0 amide bonds. The first-order valence-electron chi connectivity index (χ1n) is 5.93. The summed E-state index contributed by atoms with van der Waals surface area (Å²) in [6.45, 7) is 1.81. The van der Waals surface area contributed by atoms with Crippen LogP contribution in [0.15, 0.2) is 18.2 Å². The molecule has 2 rings (SSSR count). The van der Waals surface area contributed by atoms with E-state index in [-0.39, 0.29) is 18.5 Å². The quantitative estimate of drug-likeness (QED) is 0.871. The van der Waals surface area contributed by atoms with Crippen molar-refractivity contribution in [2.75, 3.05) is 6.54 Å². The molecule has 1 aliphatic rings. The van der Waals surface area contributed by atoms with E-state index in [2.05, 4.69) is 5.32 Å². The van der Waals surface area contributed by atoms with Gasteiger partial charge >= 0.3 is 12.1 Å². The molecule has 1 aliphatic heterocycles. The smallest absolute Gasteiger partial charge is 0.416 e. The molecule has 1 heterocycles. The van der Waals surface area contributed by atoms with Gasteiger partial charge < -0.3 is 10.4 Å². The van der Waals surface area contributed by atoms with Crippen LogP contribution < -0.4 is 5.32 Å². The van der Waals surface area contributed by atoms with Gasteiger partial charge in [-0.05, 0) is 30.5 Å². The summed E-state index contributed by atoms with van der Waals surface area (Å²) in [7, 11) is 0. The molecular formula is C13H14F3NO2. The lowest BCUT2D eigenvalue weighted by atomic mass is 9.92. The van der Waals surface area contributed by atoms with E-state index >= 15 is 0 Å². The van der Waals surface area contributed by atoms with Crippen LogP contribution in [0.1, 0.15) is 29.2 Å². The number of alkyl halides is 3. The van der Waals surface area contributed by atoms with E-state index in [1.54, 1.807) is 13.0 Å². The Balaban J connectivity index is 2.38. The van der Waals surface area contributed by atoms with Gasteiger partial charge in [-0.2, -0.15) is 13.2 Å². The summed E-state index contributed by atoms with van der Waals surface area (Å²) in [4.78, 5) is 10.9. The summed E-state index contributed by atoms with van der Waals surface area (Å²) in [6.07, 6.45) is -4.24. The van der Waals surface area contributed by atoms with Crippen molar-refractivity contribution in [3.63, 3.8) is 0 Å². The molecule has 19 heavy (non-hydrogen) atoms. The summed E-state index contributed by atoms with van der Waals surface area (Å²) in [5.74, 6) is -1.61. The van der Waals surface area contributed by atoms with Crippen molar-refractivity contribution >= 4 is 5.97 Å². The Bertz CT molecular complexity index is 499. The van der Waals surface area contributed by atoms with Gasteiger partial charge in [-0.25, -0.2) is 0 Å². The van der Waals surface area contributed by atoms with Gasteiger partial charge in [0, 0.05) is 12.6 Å². The average Bonchev–Trinajstić information content (AvgIpc) is 2.76. The molecule has 0 radical (unpaired) electrons. The van der Waals surface area contributed by atoms with Crippen LogP contribution in [0.4, 0.5) is 13.2 Å². The minimum atomic E-state index is -4.43. The molecule has 3 nitrogen and oxygen atoms in total. The van der Waals surface area contributed by atoms with Crippen LogP contribution in [0.3, 0.4) is 0 Å². The highest BCUT2D eigenvalue weighted by Crippen LogP contribution is 2.39. The monoisotopic (exact) mass is 273 g/mol. The fourth-order valence-electron chi connectivity index (χ4n) is 2.53. The fraction of sp³-hybridized carbons (Fsp3) is 0.462. The number of nitrogens with one attached hydrogen (secondary N) is 1. The molecular weight excluding hydrogens is 259 g/mol. The Hall–Kier alpha value is -1.56. The van der Waals surface area contributed by atoms with E-state index in [0.29, 0.717) is 5.56 Å². The zero-order chi connectivity index (χ0) is 14.2. The van der Waals surface area contributed by atoms with Gasteiger partial charge in [0.1, 0.15) is 0 Å². The summed E-state index contributed by atoms with van der Waals surface area (Å²) < 4.78 is 39.0. The van der Waals surface area contributed by atoms with Crippen LogP contribution in [-0.2, 0) is 11.0 Å². The summed E-state index contributed by atoms with van der Waals surface area (Å²) in [5, 5.41) is 11.8. The first-order valence-corrected chi connectivity index (χ1v) is 5.93. The summed E-state index contributed by atoms with van der Waals surface area (Å²) in [5.41, 5.74) is 0.00755. The van der Waals surface area contributed by atoms with Crippen molar-refractivity contribution in [2.45, 2.75) is 25.6 Å². The Morgan fingerprint density at radius 3 is 2.63 bits per heavy atom. The van der Waals surface area contributed by atoms with Crippen LogP contribution in [0, 0.1) is 12.8 Å². The van der Waals surface area contributed by atoms with Crippen molar-refractivity contribution in [3.05, 3.63) is 34.9 Å². The number of benzene rings is 1. The van der Waals surface area contributed by atoms with Crippen LogP contribution in [-0.4, -0.2) is 17.6 Å². The maximum Gasteiger partial charge on any atom is 0.416 e. The molecule has 1 aromatic rings. The van der Waals surface area contributed by atoms with Gasteiger partial charge in [0.05, 0.1) is 11.5 Å². The van der Waals surface area contributed by atoms with E-state index in [1.165, 1.54) is 6.07 Å². The van der Waals surface area contributed by atoms with Crippen molar-refractivity contribution in [1.29, 1.82) is 0 Å². The Morgan fingerprint density at radius 2 is 2.11 bits per heavy atom. The van der Waals surface area contributed by atoms with Crippen molar-refractivity contribution in [2.24, 2.45) is 5.92 Å². The highest BCUT2D eigenvalue weighted by molar-refractivity contribution is 5.71. The first-order chi connectivity index (χ1) is 8.80. The first kappa shape index (κ1) is 13.9. The lowest BCUT2D eigenvalue weighted by Crippen LogP contribution is -2.20. The molecule has 2 atom stereocenters. The third kappa shape index (κ3) is 2.73. The zero-order valence-corrected chi connectivity index (χ0v) is 10.3. The normalized spacial score (nSPS) is 23.6. The lowest BCUT2D eigenvalue weighted by molar-refractivity contribution is -0.141. The number of carbonyl (C=O) groups is 1. The zero-order valence-electron chi connectivity index (χ0n) is 10.3. The molecule has 0 saturated carbocycles. The molecule has 2 N–H and O–H groups in total. The number of aliphatic carboxylic acids is 1. The molecule has 104 valence electrons. The van der Waals surface area contributed by atoms with Gasteiger partial charge in [0.25, 0.3) is 0 Å². The molecule has 1 aromatic carbocycles. The number of carboxylic acid groups (broad SMARTS) is 1. The second-order valence-electron chi connectivity index (χ2n) is 4.77. The molecule has 0 aromatic heterocycles. The van der Waals surface area contributed by atoms with E-state index < -0.39 is 29.7 Å². The van der Waals surface area contributed by atoms with Crippen LogP contribution >= 0.6 is 0 Å². The Kier molecular flexibility index (Phi) is 3.54. The standard InChI is InChI=1S/C13H14F3NO2/c1-7-3-2-4-9(13(14,15)16)11(7)10-5-8(6-17-10)12(18)19/h2-4,8,10,17H,5-6H2,1H3,(H,18,19). The maximum atomic E-state index is 13.0. The minimum Gasteiger partial charge on any atom is -0.481 e. The van der Waals surface area contributed by atoms with Gasteiger partial charge in [-0.3, -0.25) is 4.79 Å². The van der Waals surface area contributed by atoms with Crippen molar-refractivity contribution < 1.29 is 23.1 Å². The minimum absolute atomic E-state index is 0.166. The second kappa shape index (κ2) is 4.85. The van der Waals surface area contributed by atoms with Crippen LogP contribution in [0.5, 0.6) is 0 Å². The third-order valence-electron chi connectivity index (χ3n) is 3.46. The van der Waals surface area contributed by atoms with E-state index in [9.17, 15) is 18.0 Å². The molecule has 2 unspecified atom stereocenters. The molecule has 0 aliphatic carbocycles. The summed E-state index contributed by atoms with van der Waals surface area (Å²) >= 11 is 0. The lowest BCUT2D eigenvalue weighted by Gasteiger charge is -2.20. The number of hydrogen-bond acceptors (Lipinski definition) is 2. The molecule has 1 saturated heterocycles. The predicted molar refractivity (Wildman–Crippen MR) is 62.7 cm³/mol. The Morgan fingerprint density at radius 1 is 1.42 bits per heavy atom. The van der Waals surface area contributed by atoms with Gasteiger partial charge in [0.15, 0.2) is 0 Å². The highest BCUT2D eigenvalue weighted by atomic mass is 19.4. The molecule has 1 fully saturated rings. The van der Waals surface area contributed by atoms with Gasteiger partial charge in [0.2, 0.25) is 0 Å². The number of aryl methyl sites for hydroxylation is 1. The van der Waals surface area contributed by atoms with Gasteiger partial charge in [-0.1, -0.05) is 12.1 Å². The van der Waals surface area contributed by atoms with Crippen molar-refractivity contribution in [3.8, 4) is 0 Å². The number of halogens is 3. The number of rotatable bonds is 2. The third-order valence-corrected chi connectivity index (χ3v) is 3.46. The highest BCUT2D eigenvalue weighted by Gasteiger charge is 2.39. The van der Waals surface area contributed by atoms with Crippen LogP contribution in [0.2, 0.25) is 0 Å². The largest absolute Gasteiger partial charge is 0.481 e. The fourth-order valence-corrected chi connectivity index (χ4v) is 2.53. The summed E-state index contributed by atoms with van der Waals surface area (Å²) in [6, 6.07) is 3.46. The predicted octanol–water partition coefficient (Wildman–Crippen LogP) is 2.75. The average molecular weight is 273 g/mol. The number of hydrogen-bond donors (Lipinski definition) is 2. The Labute approximate surface area is 108 Å². The van der Waals surface area contributed by atoms with E-state index in [0.717, 1.165) is 6.07 Å². The topological polar surface area (TPSA) is 49.3 Å².